The molecule has 1 aromatic carbocycles. The summed E-state index contributed by atoms with van der Waals surface area (Å²) in [4.78, 5) is 11.8. The third kappa shape index (κ3) is 4.96. The zero-order valence-electron chi connectivity index (χ0n) is 10.0. The zero-order chi connectivity index (χ0) is 13.0. The molecule has 2 nitrogen and oxygen atoms in total. The SMILES string of the molecule is CC(C)CC(N)C(=O)Cc1cc(F)cc(Br)c1. The monoisotopic (exact) mass is 301 g/mol. The second-order valence-corrected chi connectivity index (χ2v) is 5.57. The summed E-state index contributed by atoms with van der Waals surface area (Å²) < 4.78 is 13.8. The lowest BCUT2D eigenvalue weighted by Gasteiger charge is -2.13. The van der Waals surface area contributed by atoms with Crippen LogP contribution in [-0.2, 0) is 11.2 Å². The van der Waals surface area contributed by atoms with Crippen molar-refractivity contribution in [3.8, 4) is 0 Å². The summed E-state index contributed by atoms with van der Waals surface area (Å²) in [7, 11) is 0. The van der Waals surface area contributed by atoms with Gasteiger partial charge in [0, 0.05) is 10.9 Å². The first kappa shape index (κ1) is 14.3. The van der Waals surface area contributed by atoms with Crippen LogP contribution in [0.3, 0.4) is 0 Å². The Bertz CT molecular complexity index is 386. The molecule has 2 N–H and O–H groups in total. The molecule has 0 aliphatic rings. The van der Waals surface area contributed by atoms with Crippen LogP contribution in [0.25, 0.3) is 0 Å². The topological polar surface area (TPSA) is 43.1 Å². The fraction of sp³-hybridized carbons (Fsp3) is 0.462. The highest BCUT2D eigenvalue weighted by Crippen LogP contribution is 2.16. The molecule has 0 aliphatic heterocycles. The summed E-state index contributed by atoms with van der Waals surface area (Å²) in [5.41, 5.74) is 6.44. The molecule has 0 aromatic heterocycles. The third-order valence-electron chi connectivity index (χ3n) is 2.44. The average molecular weight is 302 g/mol. The molecular weight excluding hydrogens is 285 g/mol. The van der Waals surface area contributed by atoms with E-state index in [9.17, 15) is 9.18 Å². The van der Waals surface area contributed by atoms with Crippen LogP contribution in [0.2, 0.25) is 0 Å². The lowest BCUT2D eigenvalue weighted by Crippen LogP contribution is -2.33. The molecule has 0 fully saturated rings. The van der Waals surface area contributed by atoms with Crippen LogP contribution < -0.4 is 5.73 Å². The Morgan fingerprint density at radius 2 is 2.06 bits per heavy atom. The average Bonchev–Trinajstić information content (AvgIpc) is 2.14. The zero-order valence-corrected chi connectivity index (χ0v) is 11.6. The molecule has 0 aliphatic carbocycles. The van der Waals surface area contributed by atoms with Gasteiger partial charge in [-0.2, -0.15) is 0 Å². The molecule has 1 unspecified atom stereocenters. The second-order valence-electron chi connectivity index (χ2n) is 4.66. The lowest BCUT2D eigenvalue weighted by atomic mass is 9.97. The molecule has 17 heavy (non-hydrogen) atoms. The van der Waals surface area contributed by atoms with Crippen molar-refractivity contribution in [2.24, 2.45) is 11.7 Å². The Kier molecular flexibility index (Phi) is 5.28. The van der Waals surface area contributed by atoms with Gasteiger partial charge in [-0.15, -0.1) is 0 Å². The Labute approximate surface area is 110 Å². The molecule has 4 heteroatoms. The van der Waals surface area contributed by atoms with Gasteiger partial charge in [0.25, 0.3) is 0 Å². The number of ketones is 1. The van der Waals surface area contributed by atoms with Crippen LogP contribution >= 0.6 is 15.9 Å². The second kappa shape index (κ2) is 6.26. The van der Waals surface area contributed by atoms with Gasteiger partial charge in [0.1, 0.15) is 5.82 Å². The Morgan fingerprint density at radius 1 is 1.41 bits per heavy atom. The highest BCUT2D eigenvalue weighted by molar-refractivity contribution is 9.10. The van der Waals surface area contributed by atoms with Crippen LogP contribution in [0.15, 0.2) is 22.7 Å². The summed E-state index contributed by atoms with van der Waals surface area (Å²) in [6.45, 7) is 4.04. The summed E-state index contributed by atoms with van der Waals surface area (Å²) in [5.74, 6) is -0.0102. The first-order valence-corrected chi connectivity index (χ1v) is 6.41. The van der Waals surface area contributed by atoms with Crippen molar-refractivity contribution in [1.82, 2.24) is 0 Å². The van der Waals surface area contributed by atoms with Gasteiger partial charge in [0.15, 0.2) is 5.78 Å². The van der Waals surface area contributed by atoms with Crippen LogP contribution in [0.1, 0.15) is 25.8 Å². The lowest BCUT2D eigenvalue weighted by molar-refractivity contribution is -0.120. The van der Waals surface area contributed by atoms with Crippen molar-refractivity contribution >= 4 is 21.7 Å². The van der Waals surface area contributed by atoms with Crippen molar-refractivity contribution in [1.29, 1.82) is 0 Å². The molecule has 0 saturated heterocycles. The van der Waals surface area contributed by atoms with Gasteiger partial charge in [0.05, 0.1) is 6.04 Å². The fourth-order valence-electron chi connectivity index (χ4n) is 1.68. The van der Waals surface area contributed by atoms with Crippen LogP contribution in [0.4, 0.5) is 4.39 Å². The molecule has 0 spiro atoms. The molecule has 0 saturated carbocycles. The van der Waals surface area contributed by atoms with Gasteiger partial charge in [0.2, 0.25) is 0 Å². The molecule has 0 bridgehead atoms. The molecule has 0 heterocycles. The standard InChI is InChI=1S/C13H17BrFNO/c1-8(2)3-12(16)13(17)6-9-4-10(14)7-11(15)5-9/h4-5,7-8,12H,3,6,16H2,1-2H3. The van der Waals surface area contributed by atoms with Crippen LogP contribution in [0.5, 0.6) is 0 Å². The summed E-state index contributed by atoms with van der Waals surface area (Å²) >= 11 is 3.20. The quantitative estimate of drug-likeness (QED) is 0.908. The van der Waals surface area contributed by atoms with Gasteiger partial charge in [-0.1, -0.05) is 29.8 Å². The van der Waals surface area contributed by atoms with Gasteiger partial charge < -0.3 is 5.73 Å². The van der Waals surface area contributed by atoms with Gasteiger partial charge in [-0.05, 0) is 36.1 Å². The number of Topliss-reactive ketones (excluding diaryl/α,β-unsaturated/α-hetero) is 1. The van der Waals surface area contributed by atoms with E-state index in [4.69, 9.17) is 5.73 Å². The predicted molar refractivity (Wildman–Crippen MR) is 70.2 cm³/mol. The maximum absolute atomic E-state index is 13.1. The molecule has 94 valence electrons. The van der Waals surface area contributed by atoms with E-state index in [2.05, 4.69) is 15.9 Å². The molecule has 1 atom stereocenters. The molecule has 0 amide bonds. The van der Waals surface area contributed by atoms with E-state index in [0.29, 0.717) is 22.4 Å². The Hall–Kier alpha value is -0.740. The van der Waals surface area contributed by atoms with Crippen LogP contribution in [0, 0.1) is 11.7 Å². The minimum Gasteiger partial charge on any atom is -0.321 e. The van der Waals surface area contributed by atoms with E-state index in [1.165, 1.54) is 12.1 Å². The van der Waals surface area contributed by atoms with E-state index >= 15 is 0 Å². The number of hydrogen-bond acceptors (Lipinski definition) is 2. The summed E-state index contributed by atoms with van der Waals surface area (Å²) in [6, 6.07) is 4.01. The maximum atomic E-state index is 13.1. The molecule has 1 aromatic rings. The number of hydrogen-bond donors (Lipinski definition) is 1. The summed E-state index contributed by atoms with van der Waals surface area (Å²) in [6.07, 6.45) is 0.847. The van der Waals surface area contributed by atoms with Crippen molar-refractivity contribution < 1.29 is 9.18 Å². The van der Waals surface area contributed by atoms with Gasteiger partial charge in [-0.3, -0.25) is 4.79 Å². The first-order chi connectivity index (χ1) is 7.88. The third-order valence-corrected chi connectivity index (χ3v) is 2.90. The highest BCUT2D eigenvalue weighted by atomic mass is 79.9. The normalized spacial score (nSPS) is 12.8. The van der Waals surface area contributed by atoms with Crippen molar-refractivity contribution in [2.75, 3.05) is 0 Å². The molecular formula is C13H17BrFNO. The van der Waals surface area contributed by atoms with E-state index in [1.807, 2.05) is 13.8 Å². The predicted octanol–water partition coefficient (Wildman–Crippen LogP) is 3.07. The minimum atomic E-state index is -0.461. The van der Waals surface area contributed by atoms with Crippen molar-refractivity contribution in [2.45, 2.75) is 32.7 Å². The van der Waals surface area contributed by atoms with E-state index < -0.39 is 6.04 Å². The Balaban J connectivity index is 2.67. The van der Waals surface area contributed by atoms with Crippen molar-refractivity contribution in [3.05, 3.63) is 34.1 Å². The van der Waals surface area contributed by atoms with E-state index in [1.54, 1.807) is 6.07 Å². The largest absolute Gasteiger partial charge is 0.321 e. The molecule has 0 radical (unpaired) electrons. The number of carbonyl (C=O) groups is 1. The first-order valence-electron chi connectivity index (χ1n) is 5.61. The highest BCUT2D eigenvalue weighted by Gasteiger charge is 2.15. The smallest absolute Gasteiger partial charge is 0.153 e. The summed E-state index contributed by atoms with van der Waals surface area (Å²) in [5, 5.41) is 0. The fourth-order valence-corrected chi connectivity index (χ4v) is 2.20. The number of nitrogens with two attached hydrogens (primary N) is 1. The number of rotatable bonds is 5. The number of benzene rings is 1. The van der Waals surface area contributed by atoms with E-state index in [0.717, 1.165) is 0 Å². The van der Waals surface area contributed by atoms with Crippen molar-refractivity contribution in [3.63, 3.8) is 0 Å². The number of halogens is 2. The van der Waals surface area contributed by atoms with Crippen LogP contribution in [-0.4, -0.2) is 11.8 Å². The maximum Gasteiger partial charge on any atom is 0.153 e. The van der Waals surface area contributed by atoms with Gasteiger partial charge >= 0.3 is 0 Å². The van der Waals surface area contributed by atoms with E-state index in [-0.39, 0.29) is 18.0 Å². The number of carbonyl (C=O) groups excluding carboxylic acids is 1. The minimum absolute atomic E-state index is 0.0452. The Morgan fingerprint density at radius 3 is 2.59 bits per heavy atom. The molecule has 1 rings (SSSR count). The van der Waals surface area contributed by atoms with Gasteiger partial charge in [-0.25, -0.2) is 4.39 Å².